The summed E-state index contributed by atoms with van der Waals surface area (Å²) in [6, 6.07) is 13.5. The second-order valence-electron chi connectivity index (χ2n) is 7.35. The quantitative estimate of drug-likeness (QED) is 0.524. The lowest BCUT2D eigenvalue weighted by atomic mass is 9.84. The van der Waals surface area contributed by atoms with E-state index in [1.165, 1.54) is 16.9 Å². The summed E-state index contributed by atoms with van der Waals surface area (Å²) >= 11 is 1.41. The number of nitrogens with one attached hydrogen (secondary N) is 1. The van der Waals surface area contributed by atoms with Gasteiger partial charge in [0.25, 0.3) is 5.56 Å². The van der Waals surface area contributed by atoms with E-state index in [1.807, 2.05) is 48.7 Å². The van der Waals surface area contributed by atoms with Crippen molar-refractivity contribution in [1.29, 1.82) is 0 Å². The number of thiazole rings is 1. The Bertz CT molecular complexity index is 1250. The summed E-state index contributed by atoms with van der Waals surface area (Å²) in [6.07, 6.45) is 2.56. The summed E-state index contributed by atoms with van der Waals surface area (Å²) < 4.78 is 5.46. The zero-order chi connectivity index (χ0) is 20.0. The molecule has 1 atom stereocenters. The Morgan fingerprint density at radius 1 is 1.10 bits per heavy atom. The molecule has 6 heteroatoms. The highest BCUT2D eigenvalue weighted by Crippen LogP contribution is 2.34. The van der Waals surface area contributed by atoms with Gasteiger partial charge in [0.15, 0.2) is 5.78 Å². The number of hydrogen-bond acceptors (Lipinski definition) is 5. The molecule has 3 heterocycles. The third kappa shape index (κ3) is 3.25. The number of pyridine rings is 1. The van der Waals surface area contributed by atoms with Crippen molar-refractivity contribution in [3.05, 3.63) is 87.0 Å². The van der Waals surface area contributed by atoms with Gasteiger partial charge in [-0.2, -0.15) is 0 Å². The Labute approximate surface area is 171 Å². The number of Topliss-reactive ketones (excluding diaryl/α,β-unsaturated/α-hetero) is 1. The molecular formula is C23H18N2O3S. The number of carbonyl (C=O) groups is 1. The molecule has 29 heavy (non-hydrogen) atoms. The third-order valence-corrected chi connectivity index (χ3v) is 6.21. The van der Waals surface area contributed by atoms with E-state index in [1.54, 1.807) is 12.3 Å². The van der Waals surface area contributed by atoms with E-state index in [4.69, 9.17) is 4.42 Å². The summed E-state index contributed by atoms with van der Waals surface area (Å²) in [6.45, 7) is 2.04. The van der Waals surface area contributed by atoms with Gasteiger partial charge in [0, 0.05) is 34.5 Å². The van der Waals surface area contributed by atoms with Crippen LogP contribution in [0.5, 0.6) is 0 Å². The lowest BCUT2D eigenvalue weighted by Crippen LogP contribution is -2.24. The molecule has 1 N–H and O–H groups in total. The van der Waals surface area contributed by atoms with Gasteiger partial charge < -0.3 is 9.40 Å². The number of ketones is 1. The molecule has 0 amide bonds. The van der Waals surface area contributed by atoms with E-state index < -0.39 is 0 Å². The first-order valence-corrected chi connectivity index (χ1v) is 10.3. The fraction of sp³-hybridized carbons (Fsp3) is 0.174. The number of aromatic nitrogens is 2. The van der Waals surface area contributed by atoms with Crippen molar-refractivity contribution in [2.24, 2.45) is 0 Å². The van der Waals surface area contributed by atoms with Gasteiger partial charge in [-0.1, -0.05) is 29.8 Å². The molecule has 5 nitrogen and oxygen atoms in total. The van der Waals surface area contributed by atoms with Gasteiger partial charge in [-0.15, -0.1) is 11.3 Å². The van der Waals surface area contributed by atoms with Crippen LogP contribution in [0.25, 0.3) is 21.8 Å². The van der Waals surface area contributed by atoms with Crippen molar-refractivity contribution < 1.29 is 9.21 Å². The number of aryl methyl sites for hydroxylation is 1. The molecule has 3 aromatic heterocycles. The molecule has 0 fully saturated rings. The van der Waals surface area contributed by atoms with E-state index in [2.05, 4.69) is 9.97 Å². The van der Waals surface area contributed by atoms with Crippen LogP contribution < -0.4 is 5.56 Å². The van der Waals surface area contributed by atoms with Crippen molar-refractivity contribution in [3.63, 3.8) is 0 Å². The van der Waals surface area contributed by atoms with Crippen molar-refractivity contribution >= 4 is 17.1 Å². The van der Waals surface area contributed by atoms with E-state index >= 15 is 0 Å². The van der Waals surface area contributed by atoms with Gasteiger partial charge in [0.1, 0.15) is 10.8 Å². The van der Waals surface area contributed by atoms with Crippen LogP contribution in [0.15, 0.2) is 63.3 Å². The van der Waals surface area contributed by atoms with E-state index in [9.17, 15) is 9.59 Å². The van der Waals surface area contributed by atoms with Crippen molar-refractivity contribution in [1.82, 2.24) is 9.97 Å². The van der Waals surface area contributed by atoms with Crippen LogP contribution in [-0.2, 0) is 6.42 Å². The SMILES string of the molecule is Cc1ccc(-c2csc(-c3cc4c([nH]c3=O)CC(c3ccco3)CC4=O)n2)cc1. The van der Waals surface area contributed by atoms with Crippen LogP contribution in [0.3, 0.4) is 0 Å². The Morgan fingerprint density at radius 3 is 2.69 bits per heavy atom. The van der Waals surface area contributed by atoms with Crippen LogP contribution in [0.1, 0.15) is 39.7 Å². The molecule has 0 aliphatic heterocycles. The number of furan rings is 1. The molecule has 0 bridgehead atoms. The number of benzene rings is 1. The van der Waals surface area contributed by atoms with E-state index in [-0.39, 0.29) is 17.3 Å². The Morgan fingerprint density at radius 2 is 1.93 bits per heavy atom. The van der Waals surface area contributed by atoms with Crippen LogP contribution in [-0.4, -0.2) is 15.8 Å². The molecule has 5 rings (SSSR count). The van der Waals surface area contributed by atoms with E-state index in [0.717, 1.165) is 17.0 Å². The van der Waals surface area contributed by atoms with Crippen LogP contribution in [0.4, 0.5) is 0 Å². The van der Waals surface area contributed by atoms with Crippen molar-refractivity contribution in [2.75, 3.05) is 0 Å². The molecule has 0 saturated carbocycles. The van der Waals surface area contributed by atoms with Gasteiger partial charge >= 0.3 is 0 Å². The van der Waals surface area contributed by atoms with Crippen molar-refractivity contribution in [2.45, 2.75) is 25.7 Å². The lowest BCUT2D eigenvalue weighted by molar-refractivity contribution is 0.0959. The summed E-state index contributed by atoms with van der Waals surface area (Å²) in [4.78, 5) is 33.1. The average Bonchev–Trinajstić information content (AvgIpc) is 3.40. The Kier molecular flexibility index (Phi) is 4.28. The average molecular weight is 402 g/mol. The molecule has 1 aliphatic carbocycles. The highest BCUT2D eigenvalue weighted by atomic mass is 32.1. The number of nitrogens with zero attached hydrogens (tertiary/aromatic N) is 1. The topological polar surface area (TPSA) is 76.0 Å². The number of H-pyrrole nitrogens is 1. The molecule has 0 spiro atoms. The fourth-order valence-electron chi connectivity index (χ4n) is 3.77. The number of rotatable bonds is 3. The van der Waals surface area contributed by atoms with E-state index in [0.29, 0.717) is 34.7 Å². The maximum absolute atomic E-state index is 12.8. The molecule has 1 unspecified atom stereocenters. The van der Waals surface area contributed by atoms with Crippen LogP contribution >= 0.6 is 11.3 Å². The second kappa shape index (κ2) is 6.97. The molecule has 4 aromatic rings. The molecule has 1 aliphatic rings. The number of hydrogen-bond donors (Lipinski definition) is 1. The standard InChI is InChI=1S/C23H18N2O3S/c1-13-4-6-14(7-5-13)19-12-29-23(25-19)17-11-16-18(24-22(17)27)9-15(10-20(16)26)21-3-2-8-28-21/h2-8,11-12,15H,9-10H2,1H3,(H,24,27). The van der Waals surface area contributed by atoms with Gasteiger partial charge in [0.05, 0.1) is 17.5 Å². The highest BCUT2D eigenvalue weighted by molar-refractivity contribution is 7.13. The van der Waals surface area contributed by atoms with Gasteiger partial charge in [-0.05, 0) is 31.5 Å². The molecule has 1 aromatic carbocycles. The predicted molar refractivity (Wildman–Crippen MR) is 112 cm³/mol. The minimum absolute atomic E-state index is 0.0143. The molecule has 144 valence electrons. The Balaban J connectivity index is 1.50. The normalized spacial score (nSPS) is 16.0. The minimum atomic E-state index is -0.221. The smallest absolute Gasteiger partial charge is 0.258 e. The number of fused-ring (bicyclic) bond motifs is 1. The van der Waals surface area contributed by atoms with Crippen LogP contribution in [0.2, 0.25) is 0 Å². The van der Waals surface area contributed by atoms with Gasteiger partial charge in [-0.25, -0.2) is 4.98 Å². The monoisotopic (exact) mass is 402 g/mol. The molecular weight excluding hydrogens is 384 g/mol. The first-order valence-electron chi connectivity index (χ1n) is 9.44. The zero-order valence-electron chi connectivity index (χ0n) is 15.8. The lowest BCUT2D eigenvalue weighted by Gasteiger charge is -2.22. The van der Waals surface area contributed by atoms with Gasteiger partial charge in [-0.3, -0.25) is 9.59 Å². The summed E-state index contributed by atoms with van der Waals surface area (Å²) in [5, 5.41) is 2.55. The Hall–Kier alpha value is -3.25. The van der Waals surface area contributed by atoms with Crippen LogP contribution in [0, 0.1) is 6.92 Å². The second-order valence-corrected chi connectivity index (χ2v) is 8.21. The zero-order valence-corrected chi connectivity index (χ0v) is 16.6. The third-order valence-electron chi connectivity index (χ3n) is 5.33. The largest absolute Gasteiger partial charge is 0.469 e. The van der Waals surface area contributed by atoms with Gasteiger partial charge in [0.2, 0.25) is 0 Å². The highest BCUT2D eigenvalue weighted by Gasteiger charge is 2.29. The first-order chi connectivity index (χ1) is 14.1. The maximum Gasteiger partial charge on any atom is 0.258 e. The molecule has 0 radical (unpaired) electrons. The fourth-order valence-corrected chi connectivity index (χ4v) is 4.61. The predicted octanol–water partition coefficient (Wildman–Crippen LogP) is 4.98. The number of aromatic amines is 1. The number of carbonyl (C=O) groups excluding carboxylic acids is 1. The summed E-state index contributed by atoms with van der Waals surface area (Å²) in [5.41, 5.74) is 4.48. The minimum Gasteiger partial charge on any atom is -0.469 e. The molecule has 0 saturated heterocycles. The summed E-state index contributed by atoms with van der Waals surface area (Å²) in [7, 11) is 0. The van der Waals surface area contributed by atoms with Crippen molar-refractivity contribution in [3.8, 4) is 21.8 Å². The maximum atomic E-state index is 12.8. The summed E-state index contributed by atoms with van der Waals surface area (Å²) in [5.74, 6) is 0.747. The first kappa shape index (κ1) is 17.8.